The summed E-state index contributed by atoms with van der Waals surface area (Å²) in [7, 11) is 0. The number of carboxylic acid groups (broad SMARTS) is 1. The molecule has 0 bridgehead atoms. The SMILES string of the molecule is CC(C)(C)CC(NC(=O)C1CC1C(=O)O)C(F)(F)F. The minimum atomic E-state index is -4.53. The van der Waals surface area contributed by atoms with Gasteiger partial charge in [0.1, 0.15) is 6.04 Å². The van der Waals surface area contributed by atoms with Crippen molar-refractivity contribution in [2.24, 2.45) is 17.3 Å². The molecule has 0 aromatic carbocycles. The van der Waals surface area contributed by atoms with Gasteiger partial charge >= 0.3 is 12.1 Å². The summed E-state index contributed by atoms with van der Waals surface area (Å²) < 4.78 is 38.5. The fraction of sp³-hybridized carbons (Fsp3) is 0.833. The maximum atomic E-state index is 12.8. The average molecular weight is 281 g/mol. The second-order valence-electron chi connectivity index (χ2n) is 6.15. The van der Waals surface area contributed by atoms with Gasteiger partial charge in [0.25, 0.3) is 0 Å². The van der Waals surface area contributed by atoms with Crippen LogP contribution in [0.5, 0.6) is 0 Å². The van der Waals surface area contributed by atoms with Gasteiger partial charge in [0.05, 0.1) is 11.8 Å². The van der Waals surface area contributed by atoms with Gasteiger partial charge in [-0.15, -0.1) is 0 Å². The van der Waals surface area contributed by atoms with Crippen molar-refractivity contribution >= 4 is 11.9 Å². The molecule has 0 aliphatic heterocycles. The van der Waals surface area contributed by atoms with Crippen molar-refractivity contribution in [3.8, 4) is 0 Å². The molecular formula is C12H18F3NO3. The van der Waals surface area contributed by atoms with Crippen LogP contribution < -0.4 is 5.32 Å². The lowest BCUT2D eigenvalue weighted by molar-refractivity contribution is -0.167. The Labute approximate surface area is 109 Å². The van der Waals surface area contributed by atoms with Gasteiger partial charge in [-0.25, -0.2) is 0 Å². The summed E-state index contributed by atoms with van der Waals surface area (Å²) in [6, 6.07) is -1.94. The van der Waals surface area contributed by atoms with Crippen LogP contribution in [0.1, 0.15) is 33.6 Å². The van der Waals surface area contributed by atoms with Crippen molar-refractivity contribution in [3.63, 3.8) is 0 Å². The predicted octanol–water partition coefficient (Wildman–Crippen LogP) is 2.19. The van der Waals surface area contributed by atoms with Gasteiger partial charge in [0.15, 0.2) is 0 Å². The Morgan fingerprint density at radius 1 is 1.26 bits per heavy atom. The smallest absolute Gasteiger partial charge is 0.408 e. The molecule has 2 N–H and O–H groups in total. The number of aliphatic carboxylic acids is 1. The predicted molar refractivity (Wildman–Crippen MR) is 61.3 cm³/mol. The van der Waals surface area contributed by atoms with Crippen molar-refractivity contribution in [2.75, 3.05) is 0 Å². The first kappa shape index (κ1) is 15.8. The quantitative estimate of drug-likeness (QED) is 0.830. The highest BCUT2D eigenvalue weighted by Gasteiger charge is 2.51. The topological polar surface area (TPSA) is 66.4 Å². The van der Waals surface area contributed by atoms with Gasteiger partial charge in [-0.1, -0.05) is 20.8 Å². The molecule has 0 radical (unpaired) electrons. The van der Waals surface area contributed by atoms with E-state index in [-0.39, 0.29) is 12.8 Å². The number of carbonyl (C=O) groups excluding carboxylic acids is 1. The molecule has 0 saturated heterocycles. The van der Waals surface area contributed by atoms with E-state index >= 15 is 0 Å². The number of rotatable bonds is 4. The lowest BCUT2D eigenvalue weighted by atomic mass is 9.87. The molecule has 1 fully saturated rings. The van der Waals surface area contributed by atoms with Gasteiger partial charge in [-0.2, -0.15) is 13.2 Å². The van der Waals surface area contributed by atoms with Crippen LogP contribution in [0.15, 0.2) is 0 Å². The minimum absolute atomic E-state index is 0.112. The molecule has 1 aliphatic carbocycles. The zero-order chi connectivity index (χ0) is 15.0. The Kier molecular flexibility index (Phi) is 4.17. The van der Waals surface area contributed by atoms with Crippen LogP contribution in [-0.4, -0.2) is 29.2 Å². The third-order valence-corrected chi connectivity index (χ3v) is 2.97. The van der Waals surface area contributed by atoms with Crippen molar-refractivity contribution in [1.29, 1.82) is 0 Å². The summed E-state index contributed by atoms with van der Waals surface area (Å²) in [6.45, 7) is 4.94. The van der Waals surface area contributed by atoms with E-state index in [0.717, 1.165) is 0 Å². The summed E-state index contributed by atoms with van der Waals surface area (Å²) in [4.78, 5) is 22.2. The van der Waals surface area contributed by atoms with E-state index in [4.69, 9.17) is 5.11 Å². The molecule has 0 heterocycles. The maximum absolute atomic E-state index is 12.8. The van der Waals surface area contributed by atoms with E-state index in [1.165, 1.54) is 0 Å². The minimum Gasteiger partial charge on any atom is -0.481 e. The molecule has 19 heavy (non-hydrogen) atoms. The van der Waals surface area contributed by atoms with Crippen LogP contribution in [-0.2, 0) is 9.59 Å². The van der Waals surface area contributed by atoms with Crippen molar-refractivity contribution in [2.45, 2.75) is 45.8 Å². The van der Waals surface area contributed by atoms with Crippen LogP contribution in [0, 0.1) is 17.3 Å². The molecule has 1 saturated carbocycles. The lowest BCUT2D eigenvalue weighted by Crippen LogP contribution is -2.48. The second kappa shape index (κ2) is 5.02. The van der Waals surface area contributed by atoms with Crippen molar-refractivity contribution < 1.29 is 27.9 Å². The van der Waals surface area contributed by atoms with Crippen LogP contribution in [0.2, 0.25) is 0 Å². The van der Waals surface area contributed by atoms with Gasteiger partial charge in [0, 0.05) is 0 Å². The summed E-state index contributed by atoms with van der Waals surface area (Å²) >= 11 is 0. The second-order valence-corrected chi connectivity index (χ2v) is 6.15. The first-order valence-corrected chi connectivity index (χ1v) is 6.02. The molecular weight excluding hydrogens is 263 g/mol. The zero-order valence-corrected chi connectivity index (χ0v) is 11.0. The Hall–Kier alpha value is -1.27. The summed E-state index contributed by atoms with van der Waals surface area (Å²) in [5, 5.41) is 10.6. The van der Waals surface area contributed by atoms with Gasteiger partial charge < -0.3 is 10.4 Å². The molecule has 1 amide bonds. The number of carbonyl (C=O) groups is 2. The number of alkyl halides is 3. The molecule has 110 valence electrons. The molecule has 1 rings (SSSR count). The Morgan fingerprint density at radius 3 is 2.11 bits per heavy atom. The van der Waals surface area contributed by atoms with Gasteiger partial charge in [-0.3, -0.25) is 9.59 Å². The molecule has 1 aliphatic rings. The number of hydrogen-bond donors (Lipinski definition) is 2. The zero-order valence-electron chi connectivity index (χ0n) is 11.0. The monoisotopic (exact) mass is 281 g/mol. The van der Waals surface area contributed by atoms with E-state index in [1.54, 1.807) is 20.8 Å². The van der Waals surface area contributed by atoms with Crippen LogP contribution >= 0.6 is 0 Å². The van der Waals surface area contributed by atoms with E-state index in [9.17, 15) is 22.8 Å². The number of halogens is 3. The molecule has 0 aromatic heterocycles. The van der Waals surface area contributed by atoms with Crippen molar-refractivity contribution in [3.05, 3.63) is 0 Å². The standard InChI is InChI=1S/C12H18F3NO3/c1-11(2,3)5-8(12(13,14)15)16-9(17)6-4-7(6)10(18)19/h6-8H,4-5H2,1-3H3,(H,16,17)(H,18,19). The first-order valence-electron chi connectivity index (χ1n) is 6.02. The molecule has 4 nitrogen and oxygen atoms in total. The van der Waals surface area contributed by atoms with E-state index in [0.29, 0.717) is 0 Å². The van der Waals surface area contributed by atoms with Crippen LogP contribution in [0.3, 0.4) is 0 Å². The molecule has 3 atom stereocenters. The fourth-order valence-electron chi connectivity index (χ4n) is 1.90. The Morgan fingerprint density at radius 2 is 1.79 bits per heavy atom. The summed E-state index contributed by atoms with van der Waals surface area (Å²) in [5.41, 5.74) is -0.594. The highest BCUT2D eigenvalue weighted by atomic mass is 19.4. The summed E-state index contributed by atoms with van der Waals surface area (Å²) in [5.74, 6) is -3.63. The number of nitrogens with one attached hydrogen (secondary N) is 1. The maximum Gasteiger partial charge on any atom is 0.408 e. The normalized spacial score (nSPS) is 24.7. The van der Waals surface area contributed by atoms with Crippen LogP contribution in [0.25, 0.3) is 0 Å². The molecule has 0 spiro atoms. The first-order chi connectivity index (χ1) is 8.42. The lowest BCUT2D eigenvalue weighted by Gasteiger charge is -2.28. The van der Waals surface area contributed by atoms with Gasteiger partial charge in [-0.05, 0) is 18.3 Å². The van der Waals surface area contributed by atoms with E-state index < -0.39 is 41.3 Å². The Bertz CT molecular complexity index is 373. The van der Waals surface area contributed by atoms with Crippen LogP contribution in [0.4, 0.5) is 13.2 Å². The third-order valence-electron chi connectivity index (χ3n) is 2.97. The number of amides is 1. The third kappa shape index (κ3) is 4.72. The number of carboxylic acids is 1. The van der Waals surface area contributed by atoms with E-state index in [1.807, 2.05) is 5.32 Å². The Balaban J connectivity index is 2.64. The highest BCUT2D eigenvalue weighted by Crippen LogP contribution is 2.39. The van der Waals surface area contributed by atoms with Gasteiger partial charge in [0.2, 0.25) is 5.91 Å². The highest BCUT2D eigenvalue weighted by molar-refractivity contribution is 5.89. The average Bonchev–Trinajstić information content (AvgIpc) is 2.91. The van der Waals surface area contributed by atoms with E-state index in [2.05, 4.69) is 0 Å². The molecule has 0 aromatic rings. The molecule has 3 unspecified atom stereocenters. The largest absolute Gasteiger partial charge is 0.481 e. The fourth-order valence-corrected chi connectivity index (χ4v) is 1.90. The summed E-state index contributed by atoms with van der Waals surface area (Å²) in [6.07, 6.45) is -4.66. The van der Waals surface area contributed by atoms with Crippen molar-refractivity contribution in [1.82, 2.24) is 5.32 Å². The number of hydrogen-bond acceptors (Lipinski definition) is 2. The molecule has 7 heteroatoms.